The Labute approximate surface area is 165 Å². The van der Waals surface area contributed by atoms with Crippen LogP contribution in [0.25, 0.3) is 0 Å². The molecule has 1 heterocycles. The van der Waals surface area contributed by atoms with Gasteiger partial charge < -0.3 is 4.74 Å². The number of ether oxygens (including phenoxy) is 1. The molecule has 1 fully saturated rings. The topological polar surface area (TPSA) is 12.5 Å². The molecule has 0 spiro atoms. The van der Waals surface area contributed by atoms with Gasteiger partial charge in [-0.1, -0.05) is 24.6 Å². The van der Waals surface area contributed by atoms with Crippen LogP contribution in [0.4, 0.5) is 0 Å². The van der Waals surface area contributed by atoms with E-state index in [1.165, 1.54) is 51.6 Å². The lowest BCUT2D eigenvalue weighted by atomic mass is 10.0. The Morgan fingerprint density at radius 3 is 2.68 bits per heavy atom. The van der Waals surface area contributed by atoms with E-state index >= 15 is 0 Å². The zero-order chi connectivity index (χ0) is 17.8. The molecule has 0 aliphatic carbocycles. The standard InChI is InChI=1S/C22H28INO/c1-16-11-20(14-24-10-5-4-7-18(24)3)22(12-17(16)2)25-15-19-8-6-9-21(23)13-19/h6,8-9,11-13,18H,4-5,7,10,14-15H2,1-3H3/t18-/m1/s1. The van der Waals surface area contributed by atoms with E-state index in [-0.39, 0.29) is 0 Å². The smallest absolute Gasteiger partial charge is 0.124 e. The summed E-state index contributed by atoms with van der Waals surface area (Å²) in [5.41, 5.74) is 5.19. The Bertz CT molecular complexity index is 728. The molecule has 0 saturated carbocycles. The summed E-state index contributed by atoms with van der Waals surface area (Å²) in [6, 6.07) is 13.7. The predicted octanol–water partition coefficient (Wildman–Crippen LogP) is 5.86. The van der Waals surface area contributed by atoms with Crippen molar-refractivity contribution in [1.29, 1.82) is 0 Å². The molecular formula is C22H28INO. The molecule has 1 aliphatic rings. The summed E-state index contributed by atoms with van der Waals surface area (Å²) in [5, 5.41) is 0. The summed E-state index contributed by atoms with van der Waals surface area (Å²) < 4.78 is 7.51. The average Bonchev–Trinajstić information content (AvgIpc) is 2.59. The van der Waals surface area contributed by atoms with E-state index in [1.54, 1.807) is 0 Å². The van der Waals surface area contributed by atoms with Crippen LogP contribution >= 0.6 is 22.6 Å². The SMILES string of the molecule is Cc1cc(CN2CCCC[C@H]2C)c(OCc2cccc(I)c2)cc1C. The molecule has 0 aromatic heterocycles. The largest absolute Gasteiger partial charge is 0.489 e. The van der Waals surface area contributed by atoms with Crippen LogP contribution in [0.3, 0.4) is 0 Å². The van der Waals surface area contributed by atoms with Crippen molar-refractivity contribution >= 4 is 22.6 Å². The molecule has 1 aliphatic heterocycles. The third-order valence-corrected chi connectivity index (χ3v) is 5.95. The van der Waals surface area contributed by atoms with Crippen LogP contribution in [0, 0.1) is 17.4 Å². The Hall–Kier alpha value is -1.07. The first-order chi connectivity index (χ1) is 12.0. The van der Waals surface area contributed by atoms with E-state index in [1.807, 2.05) is 0 Å². The minimum absolute atomic E-state index is 0.627. The second-order valence-electron chi connectivity index (χ2n) is 7.28. The van der Waals surface area contributed by atoms with Crippen molar-refractivity contribution in [2.75, 3.05) is 6.54 Å². The van der Waals surface area contributed by atoms with Gasteiger partial charge in [0.05, 0.1) is 0 Å². The van der Waals surface area contributed by atoms with Gasteiger partial charge in [0.2, 0.25) is 0 Å². The second-order valence-corrected chi connectivity index (χ2v) is 8.52. The van der Waals surface area contributed by atoms with Gasteiger partial charge in [-0.15, -0.1) is 0 Å². The first-order valence-corrected chi connectivity index (χ1v) is 10.3. The molecule has 25 heavy (non-hydrogen) atoms. The highest BCUT2D eigenvalue weighted by Gasteiger charge is 2.20. The van der Waals surface area contributed by atoms with Crippen LogP contribution in [0.1, 0.15) is 48.4 Å². The predicted molar refractivity (Wildman–Crippen MR) is 113 cm³/mol. The summed E-state index contributed by atoms with van der Waals surface area (Å²) in [5.74, 6) is 1.04. The molecule has 2 aromatic rings. The third kappa shape index (κ3) is 4.98. The molecule has 1 saturated heterocycles. The van der Waals surface area contributed by atoms with Crippen molar-refractivity contribution in [1.82, 2.24) is 4.90 Å². The van der Waals surface area contributed by atoms with Crippen molar-refractivity contribution in [2.45, 2.75) is 59.2 Å². The van der Waals surface area contributed by atoms with E-state index < -0.39 is 0 Å². The lowest BCUT2D eigenvalue weighted by molar-refractivity contribution is 0.150. The summed E-state index contributed by atoms with van der Waals surface area (Å²) in [7, 11) is 0. The molecule has 134 valence electrons. The number of rotatable bonds is 5. The number of halogens is 1. The maximum atomic E-state index is 6.26. The Balaban J connectivity index is 1.78. The Kier molecular flexibility index (Phi) is 6.39. The number of hydrogen-bond acceptors (Lipinski definition) is 2. The number of hydrogen-bond donors (Lipinski definition) is 0. The fourth-order valence-electron chi connectivity index (χ4n) is 3.51. The Morgan fingerprint density at radius 2 is 1.92 bits per heavy atom. The van der Waals surface area contributed by atoms with E-state index in [0.29, 0.717) is 12.6 Å². The number of piperidine rings is 1. The zero-order valence-electron chi connectivity index (χ0n) is 15.5. The molecule has 0 N–H and O–H groups in total. The van der Waals surface area contributed by atoms with Gasteiger partial charge in [-0.3, -0.25) is 4.90 Å². The summed E-state index contributed by atoms with van der Waals surface area (Å²) in [4.78, 5) is 2.60. The number of aryl methyl sites for hydroxylation is 2. The molecule has 0 amide bonds. The van der Waals surface area contributed by atoms with Crippen LogP contribution < -0.4 is 4.74 Å². The number of nitrogens with zero attached hydrogens (tertiary/aromatic N) is 1. The van der Waals surface area contributed by atoms with Gasteiger partial charge in [-0.05, 0) is 97.6 Å². The third-order valence-electron chi connectivity index (χ3n) is 5.27. The van der Waals surface area contributed by atoms with E-state index in [0.717, 1.165) is 12.3 Å². The van der Waals surface area contributed by atoms with Crippen molar-refractivity contribution in [2.24, 2.45) is 0 Å². The van der Waals surface area contributed by atoms with Crippen LogP contribution in [0.2, 0.25) is 0 Å². The molecule has 3 heteroatoms. The molecule has 3 rings (SSSR count). The van der Waals surface area contributed by atoms with Gasteiger partial charge in [0.15, 0.2) is 0 Å². The van der Waals surface area contributed by atoms with Crippen molar-refractivity contribution in [3.63, 3.8) is 0 Å². The average molecular weight is 449 g/mol. The normalized spacial score (nSPS) is 18.3. The van der Waals surface area contributed by atoms with Crippen molar-refractivity contribution in [3.05, 3.63) is 62.2 Å². The summed E-state index contributed by atoms with van der Waals surface area (Å²) in [6.45, 7) is 9.53. The lowest BCUT2D eigenvalue weighted by Gasteiger charge is -2.33. The maximum Gasteiger partial charge on any atom is 0.124 e. The second kappa shape index (κ2) is 8.54. The van der Waals surface area contributed by atoms with Crippen molar-refractivity contribution < 1.29 is 4.74 Å². The summed E-state index contributed by atoms with van der Waals surface area (Å²) >= 11 is 2.35. The highest BCUT2D eigenvalue weighted by Crippen LogP contribution is 2.28. The number of benzene rings is 2. The fourth-order valence-corrected chi connectivity index (χ4v) is 4.11. The van der Waals surface area contributed by atoms with Crippen LogP contribution in [-0.2, 0) is 13.2 Å². The maximum absolute atomic E-state index is 6.26. The van der Waals surface area contributed by atoms with Gasteiger partial charge >= 0.3 is 0 Å². The molecule has 1 atom stereocenters. The van der Waals surface area contributed by atoms with Crippen LogP contribution in [0.5, 0.6) is 5.75 Å². The summed E-state index contributed by atoms with van der Waals surface area (Å²) in [6.07, 6.45) is 3.98. The molecule has 0 radical (unpaired) electrons. The van der Waals surface area contributed by atoms with E-state index in [9.17, 15) is 0 Å². The van der Waals surface area contributed by atoms with Crippen molar-refractivity contribution in [3.8, 4) is 5.75 Å². The van der Waals surface area contributed by atoms with Crippen LogP contribution in [-0.4, -0.2) is 17.5 Å². The minimum Gasteiger partial charge on any atom is -0.489 e. The first-order valence-electron chi connectivity index (χ1n) is 9.24. The van der Waals surface area contributed by atoms with Gasteiger partial charge in [-0.2, -0.15) is 0 Å². The Morgan fingerprint density at radius 1 is 1.12 bits per heavy atom. The fraction of sp³-hybridized carbons (Fsp3) is 0.455. The van der Waals surface area contributed by atoms with Gasteiger partial charge in [0.1, 0.15) is 12.4 Å². The highest BCUT2D eigenvalue weighted by molar-refractivity contribution is 14.1. The zero-order valence-corrected chi connectivity index (χ0v) is 17.7. The minimum atomic E-state index is 0.627. The highest BCUT2D eigenvalue weighted by atomic mass is 127. The molecule has 2 nitrogen and oxygen atoms in total. The van der Waals surface area contributed by atoms with E-state index in [4.69, 9.17) is 4.74 Å². The van der Waals surface area contributed by atoms with Gasteiger partial charge in [0, 0.05) is 21.7 Å². The van der Waals surface area contributed by atoms with Gasteiger partial charge in [-0.25, -0.2) is 0 Å². The van der Waals surface area contributed by atoms with Gasteiger partial charge in [0.25, 0.3) is 0 Å². The molecule has 2 aromatic carbocycles. The molecular weight excluding hydrogens is 421 g/mol. The number of likely N-dealkylation sites (tertiary alicyclic amines) is 1. The first kappa shape index (κ1) is 18.7. The molecule has 0 bridgehead atoms. The lowest BCUT2D eigenvalue weighted by Crippen LogP contribution is -2.36. The van der Waals surface area contributed by atoms with Crippen LogP contribution in [0.15, 0.2) is 36.4 Å². The molecule has 0 unspecified atom stereocenters. The quantitative estimate of drug-likeness (QED) is 0.530. The monoisotopic (exact) mass is 449 g/mol. The van der Waals surface area contributed by atoms with E-state index in [2.05, 4.69) is 84.7 Å².